The number of nitrogens with one attached hydrogen (secondary N) is 1. The molecule has 1 amide bonds. The first-order chi connectivity index (χ1) is 13.5. The normalized spacial score (nSPS) is 17.3. The average Bonchev–Trinajstić information content (AvgIpc) is 2.73. The molecule has 1 unspecified atom stereocenters. The maximum atomic E-state index is 13.5. The highest BCUT2D eigenvalue weighted by Gasteiger charge is 2.40. The monoisotopic (exact) mass is 403 g/mol. The minimum absolute atomic E-state index is 0.0216. The van der Waals surface area contributed by atoms with Crippen molar-refractivity contribution in [3.8, 4) is 0 Å². The van der Waals surface area contributed by atoms with Crippen LogP contribution in [0.25, 0.3) is 0 Å². The van der Waals surface area contributed by atoms with Crippen LogP contribution in [0, 0.1) is 17.3 Å². The molecule has 1 saturated carbocycles. The van der Waals surface area contributed by atoms with Gasteiger partial charge >= 0.3 is 0 Å². The lowest BCUT2D eigenvalue weighted by atomic mass is 9.67. The maximum absolute atomic E-state index is 13.5. The van der Waals surface area contributed by atoms with E-state index < -0.39 is 0 Å². The molecule has 3 nitrogen and oxygen atoms in total. The van der Waals surface area contributed by atoms with E-state index in [1.807, 2.05) is 38.1 Å². The first-order valence-electron chi connectivity index (χ1n) is 11.1. The molecule has 0 spiro atoms. The van der Waals surface area contributed by atoms with Gasteiger partial charge in [0.15, 0.2) is 5.12 Å². The number of para-hydroxylation sites is 1. The molecule has 1 atom stereocenters. The lowest BCUT2D eigenvalue weighted by Gasteiger charge is -2.38. The molecule has 0 aromatic heterocycles. The molecule has 4 heteroatoms. The molecule has 1 N–H and O–H groups in total. The van der Waals surface area contributed by atoms with Gasteiger partial charge in [0.05, 0.1) is 5.69 Å². The van der Waals surface area contributed by atoms with Crippen LogP contribution in [0.4, 0.5) is 5.69 Å². The summed E-state index contributed by atoms with van der Waals surface area (Å²) in [5.41, 5.74) is 0.525. The number of benzene rings is 1. The third-order valence-corrected chi connectivity index (χ3v) is 7.67. The van der Waals surface area contributed by atoms with Gasteiger partial charge in [-0.05, 0) is 55.5 Å². The summed E-state index contributed by atoms with van der Waals surface area (Å²) in [6.45, 7) is 8.45. The Balaban J connectivity index is 2.20. The van der Waals surface area contributed by atoms with Crippen molar-refractivity contribution >= 4 is 28.5 Å². The van der Waals surface area contributed by atoms with Crippen molar-refractivity contribution in [1.29, 1.82) is 0 Å². The van der Waals surface area contributed by atoms with E-state index in [0.717, 1.165) is 61.9 Å². The van der Waals surface area contributed by atoms with Gasteiger partial charge in [-0.25, -0.2) is 0 Å². The van der Waals surface area contributed by atoms with Crippen molar-refractivity contribution in [1.82, 2.24) is 0 Å². The second kappa shape index (κ2) is 11.0. The largest absolute Gasteiger partial charge is 0.325 e. The molecule has 1 aliphatic carbocycles. The molecule has 1 aromatic carbocycles. The second-order valence-electron chi connectivity index (χ2n) is 8.41. The van der Waals surface area contributed by atoms with Gasteiger partial charge in [-0.15, -0.1) is 0 Å². The first-order valence-corrected chi connectivity index (χ1v) is 11.9. The molecule has 1 fully saturated rings. The minimum atomic E-state index is -0.257. The highest BCUT2D eigenvalue weighted by Crippen LogP contribution is 2.44. The zero-order chi connectivity index (χ0) is 20.6. The molecule has 28 heavy (non-hydrogen) atoms. The topological polar surface area (TPSA) is 46.2 Å². The Hall–Kier alpha value is -1.29. The number of hydrogen-bond donors (Lipinski definition) is 1. The standard InChI is InChI=1S/C24H37NO2S/c1-5-18(4)22(26)28-21-14-10-9-13-20(21)25-23(27)24(15-11-8-12-16-24)17-19(6-2)7-3/h9-10,13-14,18-19H,5-8,11-12,15-17H2,1-4H3,(H,25,27). The van der Waals surface area contributed by atoms with Crippen LogP contribution in [0.2, 0.25) is 0 Å². The van der Waals surface area contributed by atoms with Gasteiger partial charge in [0, 0.05) is 16.2 Å². The summed E-state index contributed by atoms with van der Waals surface area (Å²) in [6.07, 6.45) is 9.53. The Morgan fingerprint density at radius 1 is 1.04 bits per heavy atom. The molecule has 0 saturated heterocycles. The fraction of sp³-hybridized carbons (Fsp3) is 0.667. The number of amides is 1. The molecule has 2 rings (SSSR count). The number of carbonyl (C=O) groups excluding carboxylic acids is 2. The number of anilines is 1. The fourth-order valence-electron chi connectivity index (χ4n) is 4.17. The van der Waals surface area contributed by atoms with Gasteiger partial charge in [-0.3, -0.25) is 9.59 Å². The van der Waals surface area contributed by atoms with E-state index in [1.165, 1.54) is 18.2 Å². The molecule has 0 radical (unpaired) electrons. The maximum Gasteiger partial charge on any atom is 0.230 e. The molecular formula is C24H37NO2S. The highest BCUT2D eigenvalue weighted by molar-refractivity contribution is 8.13. The summed E-state index contributed by atoms with van der Waals surface area (Å²) in [5, 5.41) is 3.39. The van der Waals surface area contributed by atoms with Gasteiger partial charge in [0.1, 0.15) is 0 Å². The van der Waals surface area contributed by atoms with Crippen molar-refractivity contribution in [2.45, 2.75) is 90.4 Å². The third-order valence-electron chi connectivity index (χ3n) is 6.49. The van der Waals surface area contributed by atoms with E-state index in [0.29, 0.717) is 5.92 Å². The SMILES string of the molecule is CCC(CC)CC1(C(=O)Nc2ccccc2SC(=O)C(C)CC)CCCCC1. The summed E-state index contributed by atoms with van der Waals surface area (Å²) < 4.78 is 0. The molecule has 0 bridgehead atoms. The van der Waals surface area contributed by atoms with Gasteiger partial charge in [0.2, 0.25) is 5.91 Å². The van der Waals surface area contributed by atoms with E-state index in [4.69, 9.17) is 0 Å². The third kappa shape index (κ3) is 5.85. The van der Waals surface area contributed by atoms with Crippen molar-refractivity contribution in [2.24, 2.45) is 17.3 Å². The van der Waals surface area contributed by atoms with Crippen LogP contribution >= 0.6 is 11.8 Å². The Kier molecular flexibility index (Phi) is 9.07. The van der Waals surface area contributed by atoms with Crippen LogP contribution < -0.4 is 5.32 Å². The predicted molar refractivity (Wildman–Crippen MR) is 120 cm³/mol. The number of hydrogen-bond acceptors (Lipinski definition) is 3. The van der Waals surface area contributed by atoms with Gasteiger partial charge < -0.3 is 5.32 Å². The quantitative estimate of drug-likeness (QED) is 0.449. The van der Waals surface area contributed by atoms with Crippen molar-refractivity contribution in [3.63, 3.8) is 0 Å². The van der Waals surface area contributed by atoms with Crippen LogP contribution in [0.5, 0.6) is 0 Å². The van der Waals surface area contributed by atoms with E-state index >= 15 is 0 Å². The zero-order valence-electron chi connectivity index (χ0n) is 18.1. The Morgan fingerprint density at radius 3 is 2.29 bits per heavy atom. The lowest BCUT2D eigenvalue weighted by Crippen LogP contribution is -2.39. The highest BCUT2D eigenvalue weighted by atomic mass is 32.2. The van der Waals surface area contributed by atoms with E-state index in [2.05, 4.69) is 19.2 Å². The van der Waals surface area contributed by atoms with Crippen LogP contribution in [0.15, 0.2) is 29.2 Å². The summed E-state index contributed by atoms with van der Waals surface area (Å²) in [4.78, 5) is 26.8. The van der Waals surface area contributed by atoms with Crippen molar-refractivity contribution in [3.05, 3.63) is 24.3 Å². The summed E-state index contributed by atoms with van der Waals surface area (Å²) in [6, 6.07) is 7.73. The lowest BCUT2D eigenvalue weighted by molar-refractivity contribution is -0.128. The van der Waals surface area contributed by atoms with Crippen LogP contribution in [-0.4, -0.2) is 11.0 Å². The van der Waals surface area contributed by atoms with Gasteiger partial charge in [-0.1, -0.05) is 71.9 Å². The van der Waals surface area contributed by atoms with E-state index in [9.17, 15) is 9.59 Å². The van der Waals surface area contributed by atoms with Crippen molar-refractivity contribution < 1.29 is 9.59 Å². The minimum Gasteiger partial charge on any atom is -0.325 e. The molecule has 1 aliphatic rings. The van der Waals surface area contributed by atoms with Crippen LogP contribution in [-0.2, 0) is 9.59 Å². The molecule has 1 aromatic rings. The Morgan fingerprint density at radius 2 is 1.68 bits per heavy atom. The second-order valence-corrected chi connectivity index (χ2v) is 9.45. The number of carbonyl (C=O) groups is 2. The zero-order valence-corrected chi connectivity index (χ0v) is 18.9. The molecule has 0 aliphatic heterocycles. The number of rotatable bonds is 9. The van der Waals surface area contributed by atoms with Crippen LogP contribution in [0.3, 0.4) is 0 Å². The average molecular weight is 404 g/mol. The summed E-state index contributed by atoms with van der Waals surface area (Å²) in [5.74, 6) is 0.775. The number of thioether (sulfide) groups is 1. The first kappa shape index (κ1) is 23.0. The predicted octanol–water partition coefficient (Wildman–Crippen LogP) is 7.07. The van der Waals surface area contributed by atoms with Gasteiger partial charge in [0.25, 0.3) is 0 Å². The Labute approximate surface area is 175 Å². The van der Waals surface area contributed by atoms with Crippen molar-refractivity contribution in [2.75, 3.05) is 5.32 Å². The Bertz CT molecular complexity index is 648. The van der Waals surface area contributed by atoms with Crippen LogP contribution in [0.1, 0.15) is 85.5 Å². The van der Waals surface area contributed by atoms with Gasteiger partial charge in [-0.2, -0.15) is 0 Å². The fourth-order valence-corrected chi connectivity index (χ4v) is 5.13. The molecule has 156 valence electrons. The smallest absolute Gasteiger partial charge is 0.230 e. The van der Waals surface area contributed by atoms with E-state index in [1.54, 1.807) is 0 Å². The molecular weight excluding hydrogens is 366 g/mol. The summed E-state index contributed by atoms with van der Waals surface area (Å²) >= 11 is 1.26. The molecule has 0 heterocycles. The van der Waals surface area contributed by atoms with E-state index in [-0.39, 0.29) is 22.4 Å². The summed E-state index contributed by atoms with van der Waals surface area (Å²) in [7, 11) is 0.